The van der Waals surface area contributed by atoms with E-state index in [0.29, 0.717) is 35.3 Å². The highest BCUT2D eigenvalue weighted by molar-refractivity contribution is 7.92. The number of sulfonamides is 1. The first-order valence-corrected chi connectivity index (χ1v) is 14.2. The van der Waals surface area contributed by atoms with E-state index < -0.39 is 22.5 Å². The number of amides is 1. The fraction of sp³-hybridized carbons (Fsp3) is 0.276. The Morgan fingerprint density at radius 1 is 0.927 bits per heavy atom. The molecule has 0 radical (unpaired) electrons. The van der Waals surface area contributed by atoms with Gasteiger partial charge in [0.2, 0.25) is 11.8 Å². The fourth-order valence-corrected chi connectivity index (χ4v) is 5.40. The lowest BCUT2D eigenvalue weighted by molar-refractivity contribution is -0.114. The zero-order valence-electron chi connectivity index (χ0n) is 23.5. The van der Waals surface area contributed by atoms with E-state index in [9.17, 15) is 13.2 Å². The van der Waals surface area contributed by atoms with Crippen LogP contribution in [0.4, 0.5) is 11.4 Å². The van der Waals surface area contributed by atoms with Crippen molar-refractivity contribution in [1.82, 2.24) is 10.1 Å². The maximum atomic E-state index is 13.8. The van der Waals surface area contributed by atoms with Crippen LogP contribution in [0.3, 0.4) is 0 Å². The maximum Gasteiger partial charge on any atom is 0.264 e. The molecule has 0 atom stereocenters. The Hall–Kier alpha value is -4.58. The van der Waals surface area contributed by atoms with Gasteiger partial charge in [0.25, 0.3) is 10.0 Å². The number of nitrogens with zero attached hydrogens (tertiary/aromatic N) is 3. The standard InChI is InChI=1S/C29H32N4O7S/c1-19(2)29-31-27(32-40-29)16-20-6-8-21(9-7-20)30-28(34)18-33(22-10-12-23(37-3)13-11-22)41(35,36)24-14-15-25(38-4)26(17-24)39-5/h6-15,17,19H,16,18H2,1-5H3,(H,30,34). The number of ether oxygens (including phenoxy) is 3. The van der Waals surface area contributed by atoms with Crippen molar-refractivity contribution in [3.8, 4) is 17.2 Å². The maximum absolute atomic E-state index is 13.8. The van der Waals surface area contributed by atoms with Crippen molar-refractivity contribution < 1.29 is 31.9 Å². The van der Waals surface area contributed by atoms with Crippen molar-refractivity contribution in [1.29, 1.82) is 0 Å². The van der Waals surface area contributed by atoms with Gasteiger partial charge in [0.1, 0.15) is 12.3 Å². The van der Waals surface area contributed by atoms with E-state index in [-0.39, 0.29) is 22.3 Å². The molecule has 12 heteroatoms. The van der Waals surface area contributed by atoms with Crippen LogP contribution in [0, 0.1) is 0 Å². The number of hydrogen-bond donors (Lipinski definition) is 1. The first-order chi connectivity index (χ1) is 19.6. The summed E-state index contributed by atoms with van der Waals surface area (Å²) in [6.07, 6.45) is 0.471. The van der Waals surface area contributed by atoms with Crippen molar-refractivity contribution in [3.05, 3.63) is 84.0 Å². The molecule has 3 aromatic carbocycles. The van der Waals surface area contributed by atoms with Gasteiger partial charge in [-0.15, -0.1) is 0 Å². The Balaban J connectivity index is 1.54. The average Bonchev–Trinajstić information content (AvgIpc) is 3.45. The Kier molecular flexibility index (Phi) is 9.13. The summed E-state index contributed by atoms with van der Waals surface area (Å²) >= 11 is 0. The van der Waals surface area contributed by atoms with Crippen LogP contribution in [0.15, 0.2) is 76.1 Å². The van der Waals surface area contributed by atoms with Gasteiger partial charge < -0.3 is 24.1 Å². The SMILES string of the molecule is COc1ccc(N(CC(=O)Nc2ccc(Cc3noc(C(C)C)n3)cc2)S(=O)(=O)c2ccc(OC)c(OC)c2)cc1. The highest BCUT2D eigenvalue weighted by Crippen LogP contribution is 2.32. The van der Waals surface area contributed by atoms with Gasteiger partial charge in [-0.1, -0.05) is 31.1 Å². The summed E-state index contributed by atoms with van der Waals surface area (Å²) in [5, 5.41) is 6.78. The molecular formula is C29H32N4O7S. The minimum Gasteiger partial charge on any atom is -0.497 e. The van der Waals surface area contributed by atoms with Crippen molar-refractivity contribution in [2.45, 2.75) is 31.1 Å². The molecule has 216 valence electrons. The second-order valence-corrected chi connectivity index (χ2v) is 11.2. The molecule has 11 nitrogen and oxygen atoms in total. The molecule has 0 aliphatic carbocycles. The number of carbonyl (C=O) groups excluding carboxylic acids is 1. The smallest absolute Gasteiger partial charge is 0.264 e. The predicted octanol–water partition coefficient (Wildman–Crippen LogP) is 4.64. The number of carbonyl (C=O) groups is 1. The van der Waals surface area contributed by atoms with E-state index in [1.807, 2.05) is 26.0 Å². The van der Waals surface area contributed by atoms with Crippen LogP contribution in [-0.4, -0.2) is 52.3 Å². The summed E-state index contributed by atoms with van der Waals surface area (Å²) in [6, 6.07) is 17.8. The molecule has 0 saturated heterocycles. The Morgan fingerprint density at radius 3 is 2.20 bits per heavy atom. The van der Waals surface area contributed by atoms with Gasteiger partial charge in [-0.3, -0.25) is 9.10 Å². The van der Waals surface area contributed by atoms with E-state index in [2.05, 4.69) is 15.5 Å². The first-order valence-electron chi connectivity index (χ1n) is 12.7. The third kappa shape index (κ3) is 6.95. The zero-order valence-corrected chi connectivity index (χ0v) is 24.3. The van der Waals surface area contributed by atoms with Gasteiger partial charge in [-0.05, 0) is 54.1 Å². The lowest BCUT2D eigenvalue weighted by Crippen LogP contribution is -2.38. The summed E-state index contributed by atoms with van der Waals surface area (Å²) in [6.45, 7) is 3.47. The highest BCUT2D eigenvalue weighted by Gasteiger charge is 2.28. The molecule has 1 aromatic heterocycles. The summed E-state index contributed by atoms with van der Waals surface area (Å²) in [5.41, 5.74) is 1.72. The quantitative estimate of drug-likeness (QED) is 0.254. The monoisotopic (exact) mass is 580 g/mol. The molecular weight excluding hydrogens is 548 g/mol. The van der Waals surface area contributed by atoms with Crippen LogP contribution >= 0.6 is 0 Å². The molecule has 0 saturated carbocycles. The topological polar surface area (TPSA) is 133 Å². The Morgan fingerprint density at radius 2 is 1.61 bits per heavy atom. The number of benzene rings is 3. The molecule has 0 unspecified atom stereocenters. The third-order valence-electron chi connectivity index (χ3n) is 6.17. The number of aromatic nitrogens is 2. The zero-order chi connectivity index (χ0) is 29.6. The molecule has 0 aliphatic rings. The van der Waals surface area contributed by atoms with Crippen LogP contribution < -0.4 is 23.8 Å². The van der Waals surface area contributed by atoms with Crippen molar-refractivity contribution in [2.75, 3.05) is 37.5 Å². The molecule has 1 heterocycles. The molecule has 1 amide bonds. The van der Waals surface area contributed by atoms with Crippen LogP contribution in [0.25, 0.3) is 0 Å². The molecule has 0 spiro atoms. The van der Waals surface area contributed by atoms with Crippen molar-refractivity contribution >= 4 is 27.3 Å². The summed E-state index contributed by atoms with van der Waals surface area (Å²) in [7, 11) is 0.195. The molecule has 1 N–H and O–H groups in total. The molecule has 0 bridgehead atoms. The van der Waals surface area contributed by atoms with E-state index in [1.165, 1.54) is 39.5 Å². The second kappa shape index (κ2) is 12.7. The molecule has 41 heavy (non-hydrogen) atoms. The fourth-order valence-electron chi connectivity index (χ4n) is 3.96. The average molecular weight is 581 g/mol. The molecule has 4 aromatic rings. The number of methoxy groups -OCH3 is 3. The van der Waals surface area contributed by atoms with Crippen LogP contribution in [0.1, 0.15) is 37.0 Å². The summed E-state index contributed by atoms with van der Waals surface area (Å²) in [5.74, 6) is 1.92. The predicted molar refractivity (Wildman–Crippen MR) is 153 cm³/mol. The molecule has 4 rings (SSSR count). The van der Waals surface area contributed by atoms with Crippen LogP contribution in [0.5, 0.6) is 17.2 Å². The number of rotatable bonds is 12. The van der Waals surface area contributed by atoms with Gasteiger partial charge in [-0.2, -0.15) is 4.98 Å². The largest absolute Gasteiger partial charge is 0.497 e. The van der Waals surface area contributed by atoms with Gasteiger partial charge in [0, 0.05) is 24.1 Å². The normalized spacial score (nSPS) is 11.3. The van der Waals surface area contributed by atoms with Gasteiger partial charge in [0.15, 0.2) is 17.3 Å². The summed E-state index contributed by atoms with van der Waals surface area (Å²) < 4.78 is 49.6. The van der Waals surface area contributed by atoms with Crippen LogP contribution in [-0.2, 0) is 21.2 Å². The van der Waals surface area contributed by atoms with E-state index in [0.717, 1.165) is 9.87 Å². The number of anilines is 2. The molecule has 0 aliphatic heterocycles. The number of hydrogen-bond acceptors (Lipinski definition) is 9. The lowest BCUT2D eigenvalue weighted by atomic mass is 10.1. The van der Waals surface area contributed by atoms with E-state index >= 15 is 0 Å². The summed E-state index contributed by atoms with van der Waals surface area (Å²) in [4.78, 5) is 17.5. The van der Waals surface area contributed by atoms with E-state index in [1.54, 1.807) is 36.4 Å². The van der Waals surface area contributed by atoms with Crippen LogP contribution in [0.2, 0.25) is 0 Å². The Labute approximate surface area is 239 Å². The van der Waals surface area contributed by atoms with Gasteiger partial charge >= 0.3 is 0 Å². The van der Waals surface area contributed by atoms with E-state index in [4.69, 9.17) is 18.7 Å². The van der Waals surface area contributed by atoms with Gasteiger partial charge in [-0.25, -0.2) is 8.42 Å². The third-order valence-corrected chi connectivity index (χ3v) is 7.94. The van der Waals surface area contributed by atoms with Crippen molar-refractivity contribution in [2.24, 2.45) is 0 Å². The second-order valence-electron chi connectivity index (χ2n) is 9.35. The van der Waals surface area contributed by atoms with Crippen molar-refractivity contribution in [3.63, 3.8) is 0 Å². The molecule has 0 fully saturated rings. The Bertz CT molecular complexity index is 1580. The minimum absolute atomic E-state index is 0.0646. The highest BCUT2D eigenvalue weighted by atomic mass is 32.2. The van der Waals surface area contributed by atoms with Gasteiger partial charge in [0.05, 0.1) is 31.9 Å². The minimum atomic E-state index is -4.19. The first kappa shape index (κ1) is 29.4. The number of nitrogens with one attached hydrogen (secondary N) is 1. The lowest BCUT2D eigenvalue weighted by Gasteiger charge is -2.24.